The molecule has 5 heteroatoms. The van der Waals surface area contributed by atoms with Gasteiger partial charge in [0.2, 0.25) is 0 Å². The largest absolute Gasteiger partial charge is 0.487 e. The molecule has 0 aliphatic heterocycles. The van der Waals surface area contributed by atoms with Crippen molar-refractivity contribution in [2.24, 2.45) is 0 Å². The zero-order chi connectivity index (χ0) is 12.7. The van der Waals surface area contributed by atoms with Crippen LogP contribution in [0.1, 0.15) is 0 Å². The fraction of sp³-hybridized carbons (Fsp3) is 0.167. The molecule has 0 aliphatic rings. The van der Waals surface area contributed by atoms with Crippen LogP contribution in [-0.2, 0) is 14.3 Å². The number of ether oxygens (including phenoxy) is 2. The quantitative estimate of drug-likeness (QED) is 0.486. The van der Waals surface area contributed by atoms with Crippen LogP contribution in [-0.4, -0.2) is 25.6 Å². The highest BCUT2D eigenvalue weighted by Crippen LogP contribution is 2.23. The van der Waals surface area contributed by atoms with Crippen molar-refractivity contribution in [2.45, 2.75) is 0 Å². The molecule has 0 heterocycles. The molecular formula is C12H13NO4. The van der Waals surface area contributed by atoms with Crippen molar-refractivity contribution >= 4 is 17.6 Å². The Labute approximate surface area is 99.0 Å². The molecule has 0 saturated carbocycles. The van der Waals surface area contributed by atoms with E-state index in [0.717, 1.165) is 7.11 Å². The maximum atomic E-state index is 11.3. The summed E-state index contributed by atoms with van der Waals surface area (Å²) in [5.41, 5.74) is 0.407. The van der Waals surface area contributed by atoms with Crippen molar-refractivity contribution in [2.75, 3.05) is 19.0 Å². The van der Waals surface area contributed by atoms with Crippen LogP contribution < -0.4 is 10.1 Å². The lowest BCUT2D eigenvalue weighted by atomic mass is 10.3. The van der Waals surface area contributed by atoms with Gasteiger partial charge in [0.1, 0.15) is 12.4 Å². The van der Waals surface area contributed by atoms with Gasteiger partial charge < -0.3 is 14.8 Å². The number of carbonyl (C=O) groups is 2. The number of nitrogens with one attached hydrogen (secondary N) is 1. The number of rotatable bonds is 4. The molecule has 1 rings (SSSR count). The van der Waals surface area contributed by atoms with E-state index in [9.17, 15) is 9.59 Å². The molecule has 0 fully saturated rings. The molecule has 17 heavy (non-hydrogen) atoms. The fourth-order valence-electron chi connectivity index (χ4n) is 1.11. The van der Waals surface area contributed by atoms with Gasteiger partial charge in [-0.2, -0.15) is 0 Å². The second-order valence-corrected chi connectivity index (χ2v) is 3.04. The molecule has 1 aromatic carbocycles. The minimum atomic E-state index is -0.955. The number of carbonyl (C=O) groups excluding carboxylic acids is 2. The number of hydrogen-bond acceptors (Lipinski definition) is 4. The Bertz CT molecular complexity index is 428. The van der Waals surface area contributed by atoms with Gasteiger partial charge in [-0.3, -0.25) is 4.79 Å². The van der Waals surface area contributed by atoms with Crippen LogP contribution in [0.5, 0.6) is 5.75 Å². The first-order chi connectivity index (χ1) is 8.19. The van der Waals surface area contributed by atoms with E-state index in [1.165, 1.54) is 0 Å². The number of methoxy groups -OCH3 is 1. The highest BCUT2D eigenvalue weighted by molar-refractivity contribution is 6.37. The molecular weight excluding hydrogens is 222 g/mol. The number of benzene rings is 1. The average molecular weight is 235 g/mol. The Morgan fingerprint density at radius 2 is 2.12 bits per heavy atom. The average Bonchev–Trinajstić information content (AvgIpc) is 2.36. The molecule has 90 valence electrons. The van der Waals surface area contributed by atoms with Crippen molar-refractivity contribution in [1.82, 2.24) is 0 Å². The summed E-state index contributed by atoms with van der Waals surface area (Å²) >= 11 is 0. The van der Waals surface area contributed by atoms with Gasteiger partial charge in [0.15, 0.2) is 0 Å². The monoisotopic (exact) mass is 235 g/mol. The Kier molecular flexibility index (Phi) is 4.75. The predicted molar refractivity (Wildman–Crippen MR) is 62.8 cm³/mol. The molecule has 0 radical (unpaired) electrons. The third-order valence-corrected chi connectivity index (χ3v) is 1.86. The number of amides is 1. The molecule has 1 aromatic rings. The van der Waals surface area contributed by atoms with Crippen LogP contribution in [0, 0.1) is 0 Å². The van der Waals surface area contributed by atoms with E-state index in [1.807, 2.05) is 0 Å². The van der Waals surface area contributed by atoms with Gasteiger partial charge in [-0.15, -0.1) is 0 Å². The van der Waals surface area contributed by atoms with E-state index < -0.39 is 11.9 Å². The molecule has 1 N–H and O–H groups in total. The molecule has 0 bridgehead atoms. The molecule has 0 aromatic heterocycles. The van der Waals surface area contributed by atoms with E-state index in [4.69, 9.17) is 4.74 Å². The Balaban J connectivity index is 2.79. The number of anilines is 1. The van der Waals surface area contributed by atoms with Gasteiger partial charge >= 0.3 is 11.9 Å². The lowest BCUT2D eigenvalue weighted by Gasteiger charge is -2.10. The lowest BCUT2D eigenvalue weighted by molar-refractivity contribution is -0.150. The zero-order valence-electron chi connectivity index (χ0n) is 9.43. The first-order valence-electron chi connectivity index (χ1n) is 4.91. The van der Waals surface area contributed by atoms with Crippen molar-refractivity contribution in [1.29, 1.82) is 0 Å². The Morgan fingerprint density at radius 3 is 2.76 bits per heavy atom. The Hall–Kier alpha value is -2.30. The molecule has 0 aliphatic carbocycles. The van der Waals surface area contributed by atoms with Gasteiger partial charge in [0, 0.05) is 0 Å². The summed E-state index contributed by atoms with van der Waals surface area (Å²) in [6.45, 7) is 3.83. The number of hydrogen-bond donors (Lipinski definition) is 1. The van der Waals surface area contributed by atoms with E-state index in [1.54, 1.807) is 30.3 Å². The third-order valence-electron chi connectivity index (χ3n) is 1.86. The first-order valence-corrected chi connectivity index (χ1v) is 4.91. The van der Waals surface area contributed by atoms with E-state index >= 15 is 0 Å². The van der Waals surface area contributed by atoms with Crippen LogP contribution >= 0.6 is 0 Å². The van der Waals surface area contributed by atoms with Gasteiger partial charge in [-0.25, -0.2) is 4.79 Å². The van der Waals surface area contributed by atoms with Crippen molar-refractivity contribution < 1.29 is 19.1 Å². The van der Waals surface area contributed by atoms with Gasteiger partial charge in [-0.05, 0) is 12.1 Å². The normalized spacial score (nSPS) is 9.24. The maximum absolute atomic E-state index is 11.3. The molecule has 1 amide bonds. The summed E-state index contributed by atoms with van der Waals surface area (Å²) in [7, 11) is 1.14. The third kappa shape index (κ3) is 3.64. The van der Waals surface area contributed by atoms with E-state index in [2.05, 4.69) is 16.6 Å². The summed E-state index contributed by atoms with van der Waals surface area (Å²) in [5, 5.41) is 2.40. The molecule has 5 nitrogen and oxygen atoms in total. The first kappa shape index (κ1) is 12.8. The lowest BCUT2D eigenvalue weighted by Crippen LogP contribution is -2.24. The Morgan fingerprint density at radius 1 is 1.41 bits per heavy atom. The van der Waals surface area contributed by atoms with Gasteiger partial charge in [-0.1, -0.05) is 24.8 Å². The minimum absolute atomic E-state index is 0.311. The molecule has 0 saturated heterocycles. The van der Waals surface area contributed by atoms with Crippen LogP contribution in [0.4, 0.5) is 5.69 Å². The SMILES string of the molecule is C=CCOc1ccccc1NC(=O)C(=O)OC. The van der Waals surface area contributed by atoms with E-state index in [-0.39, 0.29) is 0 Å². The fourth-order valence-corrected chi connectivity index (χ4v) is 1.11. The smallest absolute Gasteiger partial charge is 0.396 e. The summed E-state index contributed by atoms with van der Waals surface area (Å²) in [6, 6.07) is 6.77. The van der Waals surface area contributed by atoms with Crippen LogP contribution in [0.25, 0.3) is 0 Å². The highest BCUT2D eigenvalue weighted by atomic mass is 16.5. The molecule has 0 spiro atoms. The topological polar surface area (TPSA) is 64.6 Å². The highest BCUT2D eigenvalue weighted by Gasteiger charge is 2.15. The van der Waals surface area contributed by atoms with Crippen LogP contribution in [0.2, 0.25) is 0 Å². The predicted octanol–water partition coefficient (Wildman–Crippen LogP) is 1.36. The van der Waals surface area contributed by atoms with E-state index in [0.29, 0.717) is 18.0 Å². The van der Waals surface area contributed by atoms with Gasteiger partial charge in [0.05, 0.1) is 12.8 Å². The van der Waals surface area contributed by atoms with Crippen LogP contribution in [0.3, 0.4) is 0 Å². The maximum Gasteiger partial charge on any atom is 0.396 e. The second-order valence-electron chi connectivity index (χ2n) is 3.04. The summed E-state index contributed by atoms with van der Waals surface area (Å²) in [6.07, 6.45) is 1.58. The van der Waals surface area contributed by atoms with Crippen LogP contribution in [0.15, 0.2) is 36.9 Å². The second kappa shape index (κ2) is 6.32. The number of esters is 1. The van der Waals surface area contributed by atoms with Crippen molar-refractivity contribution in [3.05, 3.63) is 36.9 Å². The standard InChI is InChI=1S/C12H13NO4/c1-3-8-17-10-7-5-4-6-9(10)13-11(14)12(15)16-2/h3-7H,1,8H2,2H3,(H,13,14). The summed E-state index contributed by atoms with van der Waals surface area (Å²) < 4.78 is 9.61. The zero-order valence-corrected chi connectivity index (χ0v) is 9.43. The summed E-state index contributed by atoms with van der Waals surface area (Å²) in [5.74, 6) is -1.34. The molecule has 0 atom stereocenters. The molecule has 0 unspecified atom stereocenters. The van der Waals surface area contributed by atoms with Crippen molar-refractivity contribution in [3.8, 4) is 5.75 Å². The summed E-state index contributed by atoms with van der Waals surface area (Å²) in [4.78, 5) is 22.3. The van der Waals surface area contributed by atoms with Gasteiger partial charge in [0.25, 0.3) is 0 Å². The minimum Gasteiger partial charge on any atom is -0.487 e. The van der Waals surface area contributed by atoms with Crippen molar-refractivity contribution in [3.63, 3.8) is 0 Å². The number of para-hydroxylation sites is 2.